The number of hydrogen-bond acceptors (Lipinski definition) is 1. The van der Waals surface area contributed by atoms with Crippen LogP contribution in [-0.4, -0.2) is 0 Å². The molecule has 0 N–H and O–H groups in total. The zero-order chi connectivity index (χ0) is 13.7. The molecule has 0 nitrogen and oxygen atoms in total. The fraction of sp³-hybridized carbons (Fsp3) is 0.412. The predicted molar refractivity (Wildman–Crippen MR) is 87.3 cm³/mol. The van der Waals surface area contributed by atoms with Gasteiger partial charge in [0, 0.05) is 4.88 Å². The van der Waals surface area contributed by atoms with Gasteiger partial charge in [-0.15, -0.1) is 11.3 Å². The number of hydrogen-bond donors (Lipinski definition) is 0. The van der Waals surface area contributed by atoms with Crippen LogP contribution in [0.1, 0.15) is 43.7 Å². The van der Waals surface area contributed by atoms with Crippen LogP contribution in [0.15, 0.2) is 30.3 Å². The van der Waals surface area contributed by atoms with Gasteiger partial charge in [-0.3, -0.25) is 0 Å². The summed E-state index contributed by atoms with van der Waals surface area (Å²) in [4.78, 5) is 1.35. The highest BCUT2D eigenvalue weighted by Gasteiger charge is 2.09. The lowest BCUT2D eigenvalue weighted by atomic mass is 10.0. The molecule has 0 atom stereocenters. The molecule has 0 saturated heterocycles. The summed E-state index contributed by atoms with van der Waals surface area (Å²) in [6, 6.07) is 10.9. The van der Waals surface area contributed by atoms with E-state index in [2.05, 4.69) is 44.2 Å². The Labute approximate surface area is 125 Å². The van der Waals surface area contributed by atoms with Crippen molar-refractivity contribution in [3.05, 3.63) is 45.8 Å². The van der Waals surface area contributed by atoms with Crippen molar-refractivity contribution >= 4 is 22.9 Å². The SMILES string of the molecule is CCCCCCc1cc(Cl)sc1-c1ccc(C)cc1. The second-order valence-corrected chi connectivity index (χ2v) is 6.77. The maximum Gasteiger partial charge on any atom is 0.0937 e. The Balaban J connectivity index is 2.13. The third-order valence-corrected chi connectivity index (χ3v) is 4.75. The van der Waals surface area contributed by atoms with Crippen LogP contribution in [0.5, 0.6) is 0 Å². The highest BCUT2D eigenvalue weighted by molar-refractivity contribution is 7.19. The van der Waals surface area contributed by atoms with Crippen molar-refractivity contribution in [1.29, 1.82) is 0 Å². The standard InChI is InChI=1S/C17H21ClS/c1-3-4-5-6-7-15-12-16(18)19-17(15)14-10-8-13(2)9-11-14/h8-12H,3-7H2,1-2H3. The van der Waals surface area contributed by atoms with Gasteiger partial charge in [0.15, 0.2) is 0 Å². The summed E-state index contributed by atoms with van der Waals surface area (Å²) in [7, 11) is 0. The van der Waals surface area contributed by atoms with Gasteiger partial charge in [0.25, 0.3) is 0 Å². The Morgan fingerprint density at radius 1 is 1.05 bits per heavy atom. The van der Waals surface area contributed by atoms with Crippen molar-refractivity contribution in [2.24, 2.45) is 0 Å². The Morgan fingerprint density at radius 2 is 1.79 bits per heavy atom. The molecule has 1 aromatic carbocycles. The monoisotopic (exact) mass is 292 g/mol. The van der Waals surface area contributed by atoms with Crippen molar-refractivity contribution in [3.8, 4) is 10.4 Å². The van der Waals surface area contributed by atoms with Crippen LogP contribution < -0.4 is 0 Å². The Kier molecular flexibility index (Phi) is 5.47. The zero-order valence-corrected chi connectivity index (χ0v) is 13.3. The van der Waals surface area contributed by atoms with E-state index in [1.165, 1.54) is 47.3 Å². The van der Waals surface area contributed by atoms with Crippen molar-refractivity contribution in [3.63, 3.8) is 0 Å². The lowest BCUT2D eigenvalue weighted by Crippen LogP contribution is -1.86. The zero-order valence-electron chi connectivity index (χ0n) is 11.7. The van der Waals surface area contributed by atoms with E-state index in [9.17, 15) is 0 Å². The first-order valence-electron chi connectivity index (χ1n) is 7.06. The van der Waals surface area contributed by atoms with Gasteiger partial charge in [-0.2, -0.15) is 0 Å². The molecular weight excluding hydrogens is 272 g/mol. The number of benzene rings is 1. The van der Waals surface area contributed by atoms with Crippen LogP contribution >= 0.6 is 22.9 Å². The molecule has 0 radical (unpaired) electrons. The number of rotatable bonds is 6. The lowest BCUT2D eigenvalue weighted by molar-refractivity contribution is 0.668. The first-order chi connectivity index (χ1) is 9.20. The summed E-state index contributed by atoms with van der Waals surface area (Å²) in [6.45, 7) is 4.37. The predicted octanol–water partition coefficient (Wildman–Crippen LogP) is 6.50. The molecule has 0 saturated carbocycles. The van der Waals surface area contributed by atoms with E-state index >= 15 is 0 Å². The number of aryl methyl sites for hydroxylation is 2. The van der Waals surface area contributed by atoms with Crippen LogP contribution in [0, 0.1) is 6.92 Å². The van der Waals surface area contributed by atoms with Crippen molar-refractivity contribution < 1.29 is 0 Å². The molecule has 0 amide bonds. The minimum atomic E-state index is 0.904. The van der Waals surface area contributed by atoms with E-state index in [1.807, 2.05) is 0 Å². The average molecular weight is 293 g/mol. The first-order valence-corrected chi connectivity index (χ1v) is 8.25. The highest BCUT2D eigenvalue weighted by Crippen LogP contribution is 2.36. The van der Waals surface area contributed by atoms with Gasteiger partial charge in [-0.25, -0.2) is 0 Å². The van der Waals surface area contributed by atoms with Crippen molar-refractivity contribution in [2.45, 2.75) is 46.0 Å². The number of unbranched alkanes of at least 4 members (excludes halogenated alkanes) is 3. The van der Waals surface area contributed by atoms with Crippen LogP contribution in [0.4, 0.5) is 0 Å². The molecule has 0 aliphatic carbocycles. The fourth-order valence-corrected chi connectivity index (χ4v) is 3.58. The molecule has 0 fully saturated rings. The molecular formula is C17H21ClS. The maximum absolute atomic E-state index is 6.21. The second kappa shape index (κ2) is 7.12. The molecule has 0 unspecified atom stereocenters. The summed E-state index contributed by atoms with van der Waals surface area (Å²) in [5.74, 6) is 0. The van der Waals surface area contributed by atoms with E-state index in [1.54, 1.807) is 11.3 Å². The number of halogens is 1. The largest absolute Gasteiger partial charge is 0.123 e. The molecule has 102 valence electrons. The molecule has 2 aromatic rings. The van der Waals surface area contributed by atoms with Crippen LogP contribution in [0.3, 0.4) is 0 Å². The summed E-state index contributed by atoms with van der Waals surface area (Å²) in [5, 5.41) is 0. The fourth-order valence-electron chi connectivity index (χ4n) is 2.27. The molecule has 2 rings (SSSR count). The van der Waals surface area contributed by atoms with Gasteiger partial charge >= 0.3 is 0 Å². The second-order valence-electron chi connectivity index (χ2n) is 5.08. The van der Waals surface area contributed by atoms with Crippen LogP contribution in [0.2, 0.25) is 4.34 Å². The Hall–Kier alpha value is -0.790. The van der Waals surface area contributed by atoms with Gasteiger partial charge in [-0.1, -0.05) is 67.6 Å². The molecule has 2 heteroatoms. The molecule has 1 heterocycles. The summed E-state index contributed by atoms with van der Waals surface area (Å²) < 4.78 is 0.904. The third kappa shape index (κ3) is 4.09. The number of thiophene rings is 1. The van der Waals surface area contributed by atoms with Crippen LogP contribution in [0.25, 0.3) is 10.4 Å². The summed E-state index contributed by atoms with van der Waals surface area (Å²) in [5.41, 5.74) is 4.01. The van der Waals surface area contributed by atoms with Gasteiger partial charge < -0.3 is 0 Å². The van der Waals surface area contributed by atoms with Gasteiger partial charge in [0.1, 0.15) is 0 Å². The van der Waals surface area contributed by atoms with Gasteiger partial charge in [0.05, 0.1) is 4.34 Å². The lowest BCUT2D eigenvalue weighted by Gasteiger charge is -2.04. The van der Waals surface area contributed by atoms with Crippen LogP contribution in [-0.2, 0) is 6.42 Å². The maximum atomic E-state index is 6.21. The quantitative estimate of drug-likeness (QED) is 0.533. The summed E-state index contributed by atoms with van der Waals surface area (Å²) in [6.07, 6.45) is 6.34. The molecule has 19 heavy (non-hydrogen) atoms. The normalized spacial score (nSPS) is 10.9. The Morgan fingerprint density at radius 3 is 2.47 bits per heavy atom. The average Bonchev–Trinajstić information content (AvgIpc) is 2.77. The van der Waals surface area contributed by atoms with Gasteiger partial charge in [-0.05, 0) is 37.0 Å². The third-order valence-electron chi connectivity index (χ3n) is 3.39. The van der Waals surface area contributed by atoms with E-state index in [-0.39, 0.29) is 0 Å². The molecule has 0 aliphatic heterocycles. The molecule has 0 bridgehead atoms. The van der Waals surface area contributed by atoms with Crippen molar-refractivity contribution in [2.75, 3.05) is 0 Å². The Bertz CT molecular complexity index is 511. The smallest absolute Gasteiger partial charge is 0.0937 e. The topological polar surface area (TPSA) is 0 Å². The molecule has 0 aliphatic rings. The van der Waals surface area contributed by atoms with E-state index in [4.69, 9.17) is 11.6 Å². The minimum Gasteiger partial charge on any atom is -0.123 e. The molecule has 1 aromatic heterocycles. The van der Waals surface area contributed by atoms with Crippen molar-refractivity contribution in [1.82, 2.24) is 0 Å². The highest BCUT2D eigenvalue weighted by atomic mass is 35.5. The van der Waals surface area contributed by atoms with E-state index in [0.717, 1.165) is 10.8 Å². The first kappa shape index (κ1) is 14.6. The van der Waals surface area contributed by atoms with E-state index in [0.29, 0.717) is 0 Å². The van der Waals surface area contributed by atoms with Gasteiger partial charge in [0.2, 0.25) is 0 Å². The molecule has 0 spiro atoms. The van der Waals surface area contributed by atoms with E-state index < -0.39 is 0 Å². The minimum absolute atomic E-state index is 0.904. The summed E-state index contributed by atoms with van der Waals surface area (Å²) >= 11 is 7.91.